The predicted octanol–water partition coefficient (Wildman–Crippen LogP) is 3.21. The lowest BCUT2D eigenvalue weighted by molar-refractivity contribution is 0.601. The maximum atomic E-state index is 12.1. The Morgan fingerprint density at radius 2 is 1.85 bits per heavy atom. The van der Waals surface area contributed by atoms with Gasteiger partial charge in [-0.1, -0.05) is 29.8 Å². The zero-order valence-electron chi connectivity index (χ0n) is 10.4. The standard InChI is InChI=1S/C14H11ClN2O2S/c15-12-2-1-3-14(10-12)20(18,19)17-13-6-4-11(5-7-13)8-9-16/h1-7,10,17H,8H2. The molecule has 0 aliphatic rings. The molecule has 0 atom stereocenters. The Bertz CT molecular complexity index is 749. The highest BCUT2D eigenvalue weighted by molar-refractivity contribution is 7.92. The fourth-order valence-electron chi connectivity index (χ4n) is 1.63. The molecular weight excluding hydrogens is 296 g/mol. The molecule has 0 saturated heterocycles. The molecule has 20 heavy (non-hydrogen) atoms. The van der Waals surface area contributed by atoms with Crippen molar-refractivity contribution in [3.05, 3.63) is 59.1 Å². The van der Waals surface area contributed by atoms with Gasteiger partial charge in [0.2, 0.25) is 0 Å². The summed E-state index contributed by atoms with van der Waals surface area (Å²) in [4.78, 5) is 0.103. The van der Waals surface area contributed by atoms with Crippen LogP contribution >= 0.6 is 11.6 Å². The molecule has 0 saturated carbocycles. The minimum Gasteiger partial charge on any atom is -0.280 e. The second-order valence-electron chi connectivity index (χ2n) is 4.09. The number of nitrogens with zero attached hydrogens (tertiary/aromatic N) is 1. The van der Waals surface area contributed by atoms with Crippen molar-refractivity contribution in [2.75, 3.05) is 4.72 Å². The maximum absolute atomic E-state index is 12.1. The molecule has 2 aromatic carbocycles. The lowest BCUT2D eigenvalue weighted by atomic mass is 10.1. The summed E-state index contributed by atoms with van der Waals surface area (Å²) in [6.45, 7) is 0. The van der Waals surface area contributed by atoms with Crippen LogP contribution in [0.3, 0.4) is 0 Å². The zero-order chi connectivity index (χ0) is 14.6. The van der Waals surface area contributed by atoms with E-state index in [1.165, 1.54) is 12.1 Å². The third-order valence-electron chi connectivity index (χ3n) is 2.60. The molecular formula is C14H11ClN2O2S. The topological polar surface area (TPSA) is 70.0 Å². The van der Waals surface area contributed by atoms with E-state index in [1.807, 2.05) is 6.07 Å². The number of hydrogen-bond donors (Lipinski definition) is 1. The highest BCUT2D eigenvalue weighted by atomic mass is 35.5. The molecule has 0 aliphatic heterocycles. The fraction of sp³-hybridized carbons (Fsp3) is 0.0714. The van der Waals surface area contributed by atoms with Crippen molar-refractivity contribution in [3.63, 3.8) is 0 Å². The Balaban J connectivity index is 2.22. The van der Waals surface area contributed by atoms with Crippen LogP contribution in [0, 0.1) is 11.3 Å². The van der Waals surface area contributed by atoms with Gasteiger partial charge in [-0.15, -0.1) is 0 Å². The number of anilines is 1. The second kappa shape index (κ2) is 5.95. The van der Waals surface area contributed by atoms with Crippen molar-refractivity contribution in [1.29, 1.82) is 5.26 Å². The van der Waals surface area contributed by atoms with Gasteiger partial charge in [0.1, 0.15) is 0 Å². The van der Waals surface area contributed by atoms with Gasteiger partial charge in [0, 0.05) is 10.7 Å². The number of sulfonamides is 1. The predicted molar refractivity (Wildman–Crippen MR) is 78.0 cm³/mol. The highest BCUT2D eigenvalue weighted by Gasteiger charge is 2.14. The first-order chi connectivity index (χ1) is 9.51. The summed E-state index contributed by atoms with van der Waals surface area (Å²) in [7, 11) is -3.66. The Kier molecular flexibility index (Phi) is 4.28. The van der Waals surface area contributed by atoms with E-state index < -0.39 is 10.0 Å². The van der Waals surface area contributed by atoms with Crippen molar-refractivity contribution in [2.24, 2.45) is 0 Å². The van der Waals surface area contributed by atoms with E-state index in [9.17, 15) is 8.42 Å². The molecule has 0 aliphatic carbocycles. The van der Waals surface area contributed by atoms with Gasteiger partial charge in [-0.3, -0.25) is 4.72 Å². The number of nitriles is 1. The molecule has 0 aromatic heterocycles. The third-order valence-corrected chi connectivity index (χ3v) is 4.21. The van der Waals surface area contributed by atoms with Gasteiger partial charge in [0.25, 0.3) is 10.0 Å². The average molecular weight is 307 g/mol. The quantitative estimate of drug-likeness (QED) is 0.943. The second-order valence-corrected chi connectivity index (χ2v) is 6.21. The van der Waals surface area contributed by atoms with E-state index in [2.05, 4.69) is 4.72 Å². The van der Waals surface area contributed by atoms with Crippen LogP contribution in [0.15, 0.2) is 53.4 Å². The Morgan fingerprint density at radius 1 is 1.15 bits per heavy atom. The van der Waals surface area contributed by atoms with Crippen molar-refractivity contribution >= 4 is 27.3 Å². The van der Waals surface area contributed by atoms with Gasteiger partial charge in [0.15, 0.2) is 0 Å². The highest BCUT2D eigenvalue weighted by Crippen LogP contribution is 2.19. The van der Waals surface area contributed by atoms with Crippen LogP contribution in [0.5, 0.6) is 0 Å². The van der Waals surface area contributed by atoms with Crippen molar-refractivity contribution in [1.82, 2.24) is 0 Å². The normalized spacial score (nSPS) is 10.8. The summed E-state index contributed by atoms with van der Waals surface area (Å²) in [5.74, 6) is 0. The van der Waals surface area contributed by atoms with Crippen molar-refractivity contribution < 1.29 is 8.42 Å². The Morgan fingerprint density at radius 3 is 2.45 bits per heavy atom. The first-order valence-electron chi connectivity index (χ1n) is 5.75. The van der Waals surface area contributed by atoms with Gasteiger partial charge in [-0.05, 0) is 35.9 Å². The monoisotopic (exact) mass is 306 g/mol. The van der Waals surface area contributed by atoms with E-state index in [1.54, 1.807) is 36.4 Å². The number of halogens is 1. The van der Waals surface area contributed by atoms with Crippen LogP contribution in [0.4, 0.5) is 5.69 Å². The summed E-state index contributed by atoms with van der Waals surface area (Å²) in [6, 6.07) is 14.7. The van der Waals surface area contributed by atoms with Crippen LogP contribution in [-0.2, 0) is 16.4 Å². The maximum Gasteiger partial charge on any atom is 0.261 e. The molecule has 2 rings (SSSR count). The van der Waals surface area contributed by atoms with Crippen LogP contribution in [0.25, 0.3) is 0 Å². The molecule has 102 valence electrons. The van der Waals surface area contributed by atoms with Crippen LogP contribution < -0.4 is 4.72 Å². The molecule has 2 aromatic rings. The minimum atomic E-state index is -3.66. The molecule has 0 fully saturated rings. The summed E-state index contributed by atoms with van der Waals surface area (Å²) >= 11 is 5.79. The number of nitrogens with one attached hydrogen (secondary N) is 1. The Hall–Kier alpha value is -2.03. The first kappa shape index (κ1) is 14.4. The summed E-state index contributed by atoms with van der Waals surface area (Å²) in [6.07, 6.45) is 0.293. The van der Waals surface area contributed by atoms with Crippen molar-refractivity contribution in [3.8, 4) is 6.07 Å². The molecule has 0 spiro atoms. The third kappa shape index (κ3) is 3.50. The molecule has 0 amide bonds. The molecule has 0 radical (unpaired) electrons. The summed E-state index contributed by atoms with van der Waals surface area (Å²) in [5.41, 5.74) is 1.27. The van der Waals surface area contributed by atoms with E-state index in [0.717, 1.165) is 5.56 Å². The van der Waals surface area contributed by atoms with Gasteiger partial charge in [0.05, 0.1) is 17.4 Å². The molecule has 0 unspecified atom stereocenters. The summed E-state index contributed by atoms with van der Waals surface area (Å²) < 4.78 is 26.7. The van der Waals surface area contributed by atoms with E-state index in [-0.39, 0.29) is 4.90 Å². The smallest absolute Gasteiger partial charge is 0.261 e. The van der Waals surface area contributed by atoms with E-state index >= 15 is 0 Å². The SMILES string of the molecule is N#CCc1ccc(NS(=O)(=O)c2cccc(Cl)c2)cc1. The largest absolute Gasteiger partial charge is 0.280 e. The van der Waals surface area contributed by atoms with Gasteiger partial charge < -0.3 is 0 Å². The minimum absolute atomic E-state index is 0.103. The van der Waals surface area contributed by atoms with Gasteiger partial charge >= 0.3 is 0 Å². The van der Waals surface area contributed by atoms with Crippen LogP contribution in [0.2, 0.25) is 5.02 Å². The van der Waals surface area contributed by atoms with E-state index in [4.69, 9.17) is 16.9 Å². The van der Waals surface area contributed by atoms with Crippen LogP contribution in [0.1, 0.15) is 5.56 Å². The van der Waals surface area contributed by atoms with Crippen LogP contribution in [-0.4, -0.2) is 8.42 Å². The van der Waals surface area contributed by atoms with E-state index in [0.29, 0.717) is 17.1 Å². The molecule has 6 heteroatoms. The lowest BCUT2D eigenvalue weighted by Crippen LogP contribution is -2.12. The molecule has 1 N–H and O–H groups in total. The van der Waals surface area contributed by atoms with Crippen molar-refractivity contribution in [2.45, 2.75) is 11.3 Å². The fourth-order valence-corrected chi connectivity index (χ4v) is 2.99. The average Bonchev–Trinajstić information content (AvgIpc) is 2.41. The first-order valence-corrected chi connectivity index (χ1v) is 7.62. The number of benzene rings is 2. The molecule has 4 nitrogen and oxygen atoms in total. The molecule has 0 heterocycles. The lowest BCUT2D eigenvalue weighted by Gasteiger charge is -2.08. The van der Waals surface area contributed by atoms with Gasteiger partial charge in [-0.2, -0.15) is 5.26 Å². The zero-order valence-corrected chi connectivity index (χ0v) is 11.9. The number of hydrogen-bond acceptors (Lipinski definition) is 3. The number of rotatable bonds is 4. The van der Waals surface area contributed by atoms with Gasteiger partial charge in [-0.25, -0.2) is 8.42 Å². The summed E-state index contributed by atoms with van der Waals surface area (Å²) in [5, 5.41) is 8.93. The molecule has 0 bridgehead atoms. The Labute approximate surface area is 122 Å².